The number of ether oxygens (including phenoxy) is 1. The van der Waals surface area contributed by atoms with E-state index in [1.165, 1.54) is 4.88 Å². The highest BCUT2D eigenvalue weighted by molar-refractivity contribution is 7.11. The summed E-state index contributed by atoms with van der Waals surface area (Å²) in [7, 11) is 0. The first-order valence-corrected chi connectivity index (χ1v) is 7.89. The number of aryl methyl sites for hydroxylation is 1. The minimum Gasteiger partial charge on any atom is -0.371 e. The summed E-state index contributed by atoms with van der Waals surface area (Å²) < 4.78 is 5.83. The molecule has 19 heavy (non-hydrogen) atoms. The fraction of sp³-hybridized carbons (Fsp3) is 0.800. The van der Waals surface area contributed by atoms with E-state index >= 15 is 0 Å². The molecule has 0 aliphatic heterocycles. The molecule has 0 fully saturated rings. The van der Waals surface area contributed by atoms with Crippen LogP contribution in [0.25, 0.3) is 0 Å². The van der Waals surface area contributed by atoms with Gasteiger partial charge in [-0.05, 0) is 40.5 Å². The van der Waals surface area contributed by atoms with E-state index in [4.69, 9.17) is 9.72 Å². The number of rotatable bonds is 6. The molecule has 1 rings (SSSR count). The number of hydrogen-bond donors (Lipinski definition) is 1. The Kier molecular flexibility index (Phi) is 5.96. The van der Waals surface area contributed by atoms with Crippen molar-refractivity contribution in [2.75, 3.05) is 6.61 Å². The van der Waals surface area contributed by atoms with Crippen molar-refractivity contribution in [3.05, 3.63) is 15.6 Å². The van der Waals surface area contributed by atoms with Crippen LogP contribution >= 0.6 is 11.3 Å². The maximum Gasteiger partial charge on any atom is 0.122 e. The molecule has 0 aliphatic carbocycles. The lowest BCUT2D eigenvalue weighted by Crippen LogP contribution is -2.34. The Morgan fingerprint density at radius 3 is 2.42 bits per heavy atom. The van der Waals surface area contributed by atoms with Gasteiger partial charge in [-0.1, -0.05) is 13.8 Å². The molecular formula is C15H28N2OS. The van der Waals surface area contributed by atoms with Crippen molar-refractivity contribution >= 4 is 11.3 Å². The normalized spacial score (nSPS) is 14.1. The van der Waals surface area contributed by atoms with Gasteiger partial charge in [0.1, 0.15) is 11.1 Å². The Balaban J connectivity index is 2.82. The van der Waals surface area contributed by atoms with E-state index in [0.717, 1.165) is 23.9 Å². The first-order valence-electron chi connectivity index (χ1n) is 7.07. The summed E-state index contributed by atoms with van der Waals surface area (Å²) in [4.78, 5) is 6.02. The summed E-state index contributed by atoms with van der Waals surface area (Å²) in [6.07, 6.45) is 0.122. The summed E-state index contributed by atoms with van der Waals surface area (Å²) in [5.74, 6) is 0.453. The van der Waals surface area contributed by atoms with Crippen LogP contribution in [0.3, 0.4) is 0 Å². The lowest BCUT2D eigenvalue weighted by molar-refractivity contribution is 0.0292. The summed E-state index contributed by atoms with van der Waals surface area (Å²) in [5.41, 5.74) is 1.26. The van der Waals surface area contributed by atoms with Gasteiger partial charge in [0.05, 0.1) is 5.69 Å². The van der Waals surface area contributed by atoms with E-state index in [0.29, 0.717) is 5.92 Å². The monoisotopic (exact) mass is 284 g/mol. The van der Waals surface area contributed by atoms with Crippen LogP contribution in [0.4, 0.5) is 0 Å². The first-order chi connectivity index (χ1) is 8.74. The SMILES string of the molecule is CCOC(c1nc(C)c(CNC(C)(C)C)s1)C(C)C. The van der Waals surface area contributed by atoms with Crippen LogP contribution in [0.15, 0.2) is 0 Å². The second-order valence-electron chi connectivity index (χ2n) is 6.28. The molecule has 1 aromatic rings. The first kappa shape index (κ1) is 16.6. The number of hydrogen-bond acceptors (Lipinski definition) is 4. The van der Waals surface area contributed by atoms with Crippen molar-refractivity contribution in [3.63, 3.8) is 0 Å². The van der Waals surface area contributed by atoms with E-state index in [2.05, 4.69) is 46.9 Å². The standard InChI is InChI=1S/C15H28N2OS/c1-8-18-13(10(2)3)14-17-11(4)12(19-14)9-16-15(5,6)7/h10,13,16H,8-9H2,1-7H3. The molecule has 0 spiro atoms. The molecule has 0 saturated heterocycles. The van der Waals surface area contributed by atoms with E-state index in [1.54, 1.807) is 11.3 Å². The van der Waals surface area contributed by atoms with E-state index in [1.807, 2.05) is 6.92 Å². The number of aromatic nitrogens is 1. The summed E-state index contributed by atoms with van der Waals surface area (Å²) in [6.45, 7) is 16.7. The Morgan fingerprint density at radius 2 is 1.95 bits per heavy atom. The number of nitrogens with one attached hydrogen (secondary N) is 1. The second kappa shape index (κ2) is 6.82. The third-order valence-electron chi connectivity index (χ3n) is 2.88. The average molecular weight is 284 g/mol. The largest absolute Gasteiger partial charge is 0.371 e. The topological polar surface area (TPSA) is 34.1 Å². The smallest absolute Gasteiger partial charge is 0.122 e. The van der Waals surface area contributed by atoms with Gasteiger partial charge in [-0.25, -0.2) is 4.98 Å². The Bertz CT molecular complexity index is 393. The van der Waals surface area contributed by atoms with Crippen LogP contribution in [-0.4, -0.2) is 17.1 Å². The molecule has 0 aromatic carbocycles. The summed E-state index contributed by atoms with van der Waals surface area (Å²) >= 11 is 1.78. The molecule has 1 heterocycles. The summed E-state index contributed by atoms with van der Waals surface area (Å²) in [5, 5.41) is 4.63. The van der Waals surface area contributed by atoms with Gasteiger partial charge in [0.2, 0.25) is 0 Å². The molecule has 0 amide bonds. The highest BCUT2D eigenvalue weighted by Crippen LogP contribution is 2.31. The number of nitrogens with zero attached hydrogens (tertiary/aromatic N) is 1. The molecule has 1 unspecified atom stereocenters. The molecule has 0 saturated carbocycles. The molecule has 3 nitrogen and oxygen atoms in total. The molecule has 1 atom stereocenters. The van der Waals surface area contributed by atoms with Gasteiger partial charge in [0, 0.05) is 23.6 Å². The molecule has 0 radical (unpaired) electrons. The Labute approximate surface area is 121 Å². The Morgan fingerprint density at radius 1 is 1.32 bits per heavy atom. The lowest BCUT2D eigenvalue weighted by atomic mass is 10.1. The van der Waals surface area contributed by atoms with Crippen LogP contribution in [0.2, 0.25) is 0 Å². The van der Waals surface area contributed by atoms with Crippen molar-refractivity contribution in [2.24, 2.45) is 5.92 Å². The second-order valence-corrected chi connectivity index (χ2v) is 7.40. The molecule has 1 aromatic heterocycles. The highest BCUT2D eigenvalue weighted by Gasteiger charge is 2.21. The Hall–Kier alpha value is -0.450. The molecule has 110 valence electrons. The third-order valence-corrected chi connectivity index (χ3v) is 4.10. The van der Waals surface area contributed by atoms with Gasteiger partial charge >= 0.3 is 0 Å². The van der Waals surface area contributed by atoms with Crippen molar-refractivity contribution in [1.29, 1.82) is 0 Å². The van der Waals surface area contributed by atoms with Crippen LogP contribution in [0.5, 0.6) is 0 Å². The van der Waals surface area contributed by atoms with Gasteiger partial charge in [-0.3, -0.25) is 0 Å². The van der Waals surface area contributed by atoms with Crippen molar-refractivity contribution in [1.82, 2.24) is 10.3 Å². The molecule has 0 aliphatic rings. The van der Waals surface area contributed by atoms with Gasteiger partial charge in [0.25, 0.3) is 0 Å². The fourth-order valence-corrected chi connectivity index (χ4v) is 3.04. The molecule has 1 N–H and O–H groups in total. The maximum absolute atomic E-state index is 5.83. The van der Waals surface area contributed by atoms with Gasteiger partial charge < -0.3 is 10.1 Å². The van der Waals surface area contributed by atoms with E-state index in [-0.39, 0.29) is 11.6 Å². The third kappa shape index (κ3) is 5.21. The minimum absolute atomic E-state index is 0.122. The average Bonchev–Trinajstić information content (AvgIpc) is 2.63. The van der Waals surface area contributed by atoms with Gasteiger partial charge in [-0.15, -0.1) is 11.3 Å². The van der Waals surface area contributed by atoms with Crippen molar-refractivity contribution in [3.8, 4) is 0 Å². The molecule has 0 bridgehead atoms. The zero-order valence-corrected chi connectivity index (χ0v) is 14.1. The zero-order chi connectivity index (χ0) is 14.6. The fourth-order valence-electron chi connectivity index (χ4n) is 1.81. The quantitative estimate of drug-likeness (QED) is 0.855. The van der Waals surface area contributed by atoms with Crippen LogP contribution in [0, 0.1) is 12.8 Å². The molecule has 4 heteroatoms. The maximum atomic E-state index is 5.83. The van der Waals surface area contributed by atoms with Crippen molar-refractivity contribution in [2.45, 2.75) is 66.7 Å². The van der Waals surface area contributed by atoms with E-state index in [9.17, 15) is 0 Å². The van der Waals surface area contributed by atoms with Crippen LogP contribution < -0.4 is 5.32 Å². The lowest BCUT2D eigenvalue weighted by Gasteiger charge is -2.20. The predicted octanol–water partition coefficient (Wildman–Crippen LogP) is 4.07. The van der Waals surface area contributed by atoms with Crippen LogP contribution in [0.1, 0.15) is 63.2 Å². The zero-order valence-electron chi connectivity index (χ0n) is 13.3. The highest BCUT2D eigenvalue weighted by atomic mass is 32.1. The predicted molar refractivity (Wildman–Crippen MR) is 82.6 cm³/mol. The summed E-state index contributed by atoms with van der Waals surface area (Å²) in [6, 6.07) is 0. The van der Waals surface area contributed by atoms with E-state index < -0.39 is 0 Å². The van der Waals surface area contributed by atoms with Gasteiger partial charge in [-0.2, -0.15) is 0 Å². The van der Waals surface area contributed by atoms with Gasteiger partial charge in [0.15, 0.2) is 0 Å². The minimum atomic E-state index is 0.122. The molecular weight excluding hydrogens is 256 g/mol. The van der Waals surface area contributed by atoms with Crippen molar-refractivity contribution < 1.29 is 4.74 Å². The van der Waals surface area contributed by atoms with Crippen LogP contribution in [-0.2, 0) is 11.3 Å². The number of thiazole rings is 1.